The van der Waals surface area contributed by atoms with Gasteiger partial charge in [-0.25, -0.2) is 0 Å². The van der Waals surface area contributed by atoms with Crippen LogP contribution < -0.4 is 11.3 Å². The molecular formula is C7H8N4O. The molecular weight excluding hydrogens is 156 g/mol. The average molecular weight is 164 g/mol. The lowest BCUT2D eigenvalue weighted by atomic mass is 10.3. The molecule has 2 aromatic rings. The summed E-state index contributed by atoms with van der Waals surface area (Å²) in [6.45, 7) is 0. The van der Waals surface area contributed by atoms with Crippen LogP contribution in [0.4, 0.5) is 5.82 Å². The summed E-state index contributed by atoms with van der Waals surface area (Å²) in [4.78, 5) is 11.4. The summed E-state index contributed by atoms with van der Waals surface area (Å²) in [5.74, 6) is 0.256. The summed E-state index contributed by atoms with van der Waals surface area (Å²) in [7, 11) is 1.67. The molecule has 2 rings (SSSR count). The van der Waals surface area contributed by atoms with Gasteiger partial charge in [0, 0.05) is 13.2 Å². The number of hydrogen-bond acceptors (Lipinski definition) is 3. The van der Waals surface area contributed by atoms with Gasteiger partial charge >= 0.3 is 0 Å². The number of aryl methyl sites for hydroxylation is 1. The number of hydrogen-bond donors (Lipinski definition) is 2. The van der Waals surface area contributed by atoms with Gasteiger partial charge in [-0.1, -0.05) is 0 Å². The van der Waals surface area contributed by atoms with Crippen LogP contribution in [0.3, 0.4) is 0 Å². The highest BCUT2D eigenvalue weighted by molar-refractivity contribution is 5.87. The van der Waals surface area contributed by atoms with Crippen molar-refractivity contribution in [2.45, 2.75) is 0 Å². The van der Waals surface area contributed by atoms with Gasteiger partial charge in [0.25, 0.3) is 5.56 Å². The number of fused-ring (bicyclic) bond motifs is 1. The first-order chi connectivity index (χ1) is 5.70. The monoisotopic (exact) mass is 164 g/mol. The highest BCUT2D eigenvalue weighted by atomic mass is 16.1. The number of rotatable bonds is 0. The van der Waals surface area contributed by atoms with Crippen molar-refractivity contribution >= 4 is 16.7 Å². The third-order valence-electron chi connectivity index (χ3n) is 1.82. The lowest BCUT2D eigenvalue weighted by Gasteiger charge is -1.94. The second kappa shape index (κ2) is 2.10. The van der Waals surface area contributed by atoms with Crippen LogP contribution in [0.25, 0.3) is 10.9 Å². The van der Waals surface area contributed by atoms with E-state index in [-0.39, 0.29) is 11.4 Å². The van der Waals surface area contributed by atoms with Gasteiger partial charge in [0.2, 0.25) is 0 Å². The van der Waals surface area contributed by atoms with Gasteiger partial charge in [0.1, 0.15) is 5.39 Å². The summed E-state index contributed by atoms with van der Waals surface area (Å²) in [6, 6.07) is 1.76. The zero-order valence-electron chi connectivity index (χ0n) is 6.53. The SMILES string of the molecule is Cn1ccc2[nH]nc(N)c2c1=O. The van der Waals surface area contributed by atoms with Crippen molar-refractivity contribution in [3.8, 4) is 0 Å². The molecule has 0 aliphatic carbocycles. The van der Waals surface area contributed by atoms with Crippen molar-refractivity contribution in [3.05, 3.63) is 22.6 Å². The zero-order chi connectivity index (χ0) is 8.72. The molecule has 0 spiro atoms. The molecule has 0 aromatic carbocycles. The molecule has 3 N–H and O–H groups in total. The number of nitrogens with one attached hydrogen (secondary N) is 1. The molecule has 0 aliphatic heterocycles. The largest absolute Gasteiger partial charge is 0.382 e. The fraction of sp³-hybridized carbons (Fsp3) is 0.143. The van der Waals surface area contributed by atoms with Gasteiger partial charge in [0.15, 0.2) is 5.82 Å². The fourth-order valence-corrected chi connectivity index (χ4v) is 1.15. The first kappa shape index (κ1) is 6.90. The summed E-state index contributed by atoms with van der Waals surface area (Å²) in [5.41, 5.74) is 6.04. The highest BCUT2D eigenvalue weighted by Gasteiger charge is 2.06. The minimum Gasteiger partial charge on any atom is -0.382 e. The van der Waals surface area contributed by atoms with E-state index in [1.807, 2.05) is 0 Å². The molecule has 0 fully saturated rings. The van der Waals surface area contributed by atoms with Gasteiger partial charge in [-0.15, -0.1) is 0 Å². The van der Waals surface area contributed by atoms with Crippen LogP contribution >= 0.6 is 0 Å². The maximum absolute atomic E-state index is 11.4. The summed E-state index contributed by atoms with van der Waals surface area (Å²) in [5, 5.41) is 6.86. The van der Waals surface area contributed by atoms with Gasteiger partial charge < -0.3 is 10.3 Å². The van der Waals surface area contributed by atoms with Crippen molar-refractivity contribution in [2.24, 2.45) is 7.05 Å². The Morgan fingerprint density at radius 2 is 2.42 bits per heavy atom. The Balaban J connectivity index is 3.06. The van der Waals surface area contributed by atoms with E-state index in [4.69, 9.17) is 5.73 Å². The minimum atomic E-state index is -0.126. The van der Waals surface area contributed by atoms with Crippen LogP contribution in [-0.4, -0.2) is 14.8 Å². The van der Waals surface area contributed by atoms with E-state index in [2.05, 4.69) is 10.2 Å². The van der Waals surface area contributed by atoms with Crippen LogP contribution in [-0.2, 0) is 7.05 Å². The van der Waals surface area contributed by atoms with Gasteiger partial charge in [-0.3, -0.25) is 9.89 Å². The molecule has 0 atom stereocenters. The summed E-state index contributed by atoms with van der Waals surface area (Å²) in [6.07, 6.45) is 1.67. The molecule has 0 unspecified atom stereocenters. The van der Waals surface area contributed by atoms with Crippen molar-refractivity contribution in [3.63, 3.8) is 0 Å². The molecule has 0 aliphatic rings. The molecule has 2 heterocycles. The van der Waals surface area contributed by atoms with Gasteiger partial charge in [-0.05, 0) is 6.07 Å². The van der Waals surface area contributed by atoms with E-state index in [0.29, 0.717) is 10.9 Å². The number of aromatic nitrogens is 3. The van der Waals surface area contributed by atoms with E-state index in [1.54, 1.807) is 19.3 Å². The predicted molar refractivity (Wildman–Crippen MR) is 45.7 cm³/mol. The third kappa shape index (κ3) is 0.730. The van der Waals surface area contributed by atoms with Crippen LogP contribution in [0.15, 0.2) is 17.1 Å². The Morgan fingerprint density at radius 3 is 3.17 bits per heavy atom. The average Bonchev–Trinajstić information content (AvgIpc) is 2.41. The normalized spacial score (nSPS) is 10.8. The predicted octanol–water partition coefficient (Wildman–Crippen LogP) is -0.156. The molecule has 12 heavy (non-hydrogen) atoms. The molecule has 0 bridgehead atoms. The van der Waals surface area contributed by atoms with Gasteiger partial charge in [0.05, 0.1) is 5.52 Å². The Hall–Kier alpha value is -1.78. The van der Waals surface area contributed by atoms with Crippen molar-refractivity contribution in [1.82, 2.24) is 14.8 Å². The quantitative estimate of drug-likeness (QED) is 0.568. The maximum atomic E-state index is 11.4. The molecule has 2 aromatic heterocycles. The van der Waals surface area contributed by atoms with Crippen LogP contribution in [0.2, 0.25) is 0 Å². The topological polar surface area (TPSA) is 76.7 Å². The molecule has 62 valence electrons. The lowest BCUT2D eigenvalue weighted by molar-refractivity contribution is 0.873. The highest BCUT2D eigenvalue weighted by Crippen LogP contribution is 2.10. The van der Waals surface area contributed by atoms with Crippen LogP contribution in [0, 0.1) is 0 Å². The van der Waals surface area contributed by atoms with E-state index in [1.165, 1.54) is 4.57 Å². The molecule has 5 heteroatoms. The number of nitrogen functional groups attached to an aromatic ring is 1. The Labute approximate surface area is 67.8 Å². The number of anilines is 1. The lowest BCUT2D eigenvalue weighted by Crippen LogP contribution is -2.15. The standard InChI is InChI=1S/C7H8N4O/c1-11-3-2-4-5(7(11)12)6(8)10-9-4/h2-3H,1H3,(H3,8,9,10). The number of nitrogens with two attached hydrogens (primary N) is 1. The van der Waals surface area contributed by atoms with E-state index >= 15 is 0 Å². The second-order valence-corrected chi connectivity index (χ2v) is 2.63. The second-order valence-electron chi connectivity index (χ2n) is 2.63. The Morgan fingerprint density at radius 1 is 1.67 bits per heavy atom. The molecule has 0 saturated heterocycles. The number of H-pyrrole nitrogens is 1. The van der Waals surface area contributed by atoms with Crippen molar-refractivity contribution < 1.29 is 0 Å². The zero-order valence-corrected chi connectivity index (χ0v) is 6.53. The van der Waals surface area contributed by atoms with Crippen molar-refractivity contribution in [1.29, 1.82) is 0 Å². The molecule has 5 nitrogen and oxygen atoms in total. The first-order valence-corrected chi connectivity index (χ1v) is 3.49. The molecule has 0 amide bonds. The maximum Gasteiger partial charge on any atom is 0.263 e. The van der Waals surface area contributed by atoms with E-state index in [9.17, 15) is 4.79 Å². The molecule has 0 saturated carbocycles. The van der Waals surface area contributed by atoms with E-state index < -0.39 is 0 Å². The van der Waals surface area contributed by atoms with Crippen LogP contribution in [0.5, 0.6) is 0 Å². The number of nitrogens with zero attached hydrogens (tertiary/aromatic N) is 2. The third-order valence-corrected chi connectivity index (χ3v) is 1.82. The number of aromatic amines is 1. The fourth-order valence-electron chi connectivity index (χ4n) is 1.15. The Kier molecular flexibility index (Phi) is 1.21. The first-order valence-electron chi connectivity index (χ1n) is 3.49. The summed E-state index contributed by atoms with van der Waals surface area (Å²) >= 11 is 0. The van der Waals surface area contributed by atoms with E-state index in [0.717, 1.165) is 0 Å². The van der Waals surface area contributed by atoms with Gasteiger partial charge in [-0.2, -0.15) is 5.10 Å². The Bertz CT molecular complexity index is 482. The smallest absolute Gasteiger partial charge is 0.263 e. The minimum absolute atomic E-state index is 0.126. The molecule has 0 radical (unpaired) electrons. The summed E-state index contributed by atoms with van der Waals surface area (Å²) < 4.78 is 1.47. The van der Waals surface area contributed by atoms with Crippen LogP contribution in [0.1, 0.15) is 0 Å². The van der Waals surface area contributed by atoms with Crippen molar-refractivity contribution in [2.75, 3.05) is 5.73 Å². The number of pyridine rings is 1.